The summed E-state index contributed by atoms with van der Waals surface area (Å²) in [6.07, 6.45) is 3.35. The Bertz CT molecular complexity index is 1950. The maximum atomic E-state index is 15.9. The molecule has 0 atom stereocenters. The van der Waals surface area contributed by atoms with E-state index >= 15 is 22.0 Å². The van der Waals surface area contributed by atoms with Gasteiger partial charge in [0.15, 0.2) is 23.3 Å². The van der Waals surface area contributed by atoms with Crippen LogP contribution in [0.3, 0.4) is 0 Å². The number of hydrogen-bond acceptors (Lipinski definition) is 2. The molecule has 0 spiro atoms. The van der Waals surface area contributed by atoms with Crippen LogP contribution in [0.4, 0.5) is 22.0 Å². The van der Waals surface area contributed by atoms with Gasteiger partial charge in [-0.25, -0.2) is 27.5 Å². The molecule has 0 radical (unpaired) electrons. The molecule has 5 heterocycles. The van der Waals surface area contributed by atoms with Gasteiger partial charge in [-0.1, -0.05) is 34.8 Å². The van der Waals surface area contributed by atoms with E-state index in [0.29, 0.717) is 16.9 Å². The summed E-state index contributed by atoms with van der Waals surface area (Å²) in [6.45, 7) is 5.27. The Morgan fingerprint density at radius 3 is 1.93 bits per heavy atom. The van der Waals surface area contributed by atoms with Crippen LogP contribution in [0.5, 0.6) is 0 Å². The molecule has 10 heteroatoms. The summed E-state index contributed by atoms with van der Waals surface area (Å²) in [6, 6.07) is 11.1. The van der Waals surface area contributed by atoms with Crippen molar-refractivity contribution in [3.8, 4) is 11.1 Å². The maximum Gasteiger partial charge on any atom is 0.189 e. The third-order valence-electron chi connectivity index (χ3n) is 7.36. The number of fused-ring (bicyclic) bond motifs is 8. The van der Waals surface area contributed by atoms with Crippen LogP contribution < -0.4 is 0 Å². The largest absolute Gasteiger partial charge is 0.344 e. The van der Waals surface area contributed by atoms with Gasteiger partial charge >= 0.3 is 0 Å². The number of aromatic nitrogens is 4. The maximum absolute atomic E-state index is 15.9. The van der Waals surface area contributed by atoms with E-state index in [9.17, 15) is 0 Å². The number of benzene rings is 1. The molecule has 1 aromatic carbocycles. The summed E-state index contributed by atoms with van der Waals surface area (Å²) < 4.78 is 79.6. The SMILES string of the molecule is Cc1c(C)c2c(C)c3nc(c(F)c4c(F)c(-c5ccccc5)c(cc5nc(cc1n2C)C=C5)n4F)C(F)=C3F.[Pd]. The van der Waals surface area contributed by atoms with Crippen LogP contribution in [0.1, 0.15) is 39.5 Å². The molecule has 206 valence electrons. The van der Waals surface area contributed by atoms with Gasteiger partial charge < -0.3 is 4.57 Å². The molecule has 4 nitrogen and oxygen atoms in total. The topological polar surface area (TPSA) is 35.6 Å². The van der Waals surface area contributed by atoms with Crippen LogP contribution in [0.2, 0.25) is 0 Å². The normalized spacial score (nSPS) is 12.7. The van der Waals surface area contributed by atoms with Crippen molar-refractivity contribution in [3.05, 3.63) is 93.6 Å². The summed E-state index contributed by atoms with van der Waals surface area (Å²) in [5, 5.41) is 0. The Balaban J connectivity index is 0.00000323. The molecule has 40 heavy (non-hydrogen) atoms. The Morgan fingerprint density at radius 1 is 0.675 bits per heavy atom. The fourth-order valence-electron chi connectivity index (χ4n) is 5.33. The molecule has 8 bridgehead atoms. The van der Waals surface area contributed by atoms with Gasteiger partial charge in [-0.3, -0.25) is 0 Å². The van der Waals surface area contributed by atoms with Crippen molar-refractivity contribution < 1.29 is 42.5 Å². The Hall–Kier alpha value is -3.87. The fraction of sp³-hybridized carbons (Fsp3) is 0.133. The van der Waals surface area contributed by atoms with E-state index in [4.69, 9.17) is 0 Å². The van der Waals surface area contributed by atoms with Gasteiger partial charge in [-0.15, -0.1) is 0 Å². The fourth-order valence-corrected chi connectivity index (χ4v) is 5.33. The van der Waals surface area contributed by atoms with Crippen LogP contribution in [0.25, 0.3) is 57.0 Å². The van der Waals surface area contributed by atoms with Gasteiger partial charge in [0.1, 0.15) is 16.9 Å². The smallest absolute Gasteiger partial charge is 0.189 e. The molecule has 0 amide bonds. The molecule has 0 fully saturated rings. The third kappa shape index (κ3) is 3.97. The molecular weight excluding hydrogens is 618 g/mol. The van der Waals surface area contributed by atoms with Crippen molar-refractivity contribution >= 4 is 45.9 Å². The Kier molecular flexibility index (Phi) is 6.89. The van der Waals surface area contributed by atoms with E-state index in [-0.39, 0.29) is 47.4 Å². The van der Waals surface area contributed by atoms with Crippen molar-refractivity contribution in [1.82, 2.24) is 19.3 Å². The van der Waals surface area contributed by atoms with E-state index in [1.807, 2.05) is 19.9 Å². The molecule has 0 aliphatic carbocycles. The molecule has 6 rings (SSSR count). The molecule has 0 unspecified atom stereocenters. The third-order valence-corrected chi connectivity index (χ3v) is 7.36. The van der Waals surface area contributed by atoms with Gasteiger partial charge in [-0.2, -0.15) is 4.79 Å². The Morgan fingerprint density at radius 2 is 1.27 bits per heavy atom. The minimum atomic E-state index is -1.67. The predicted octanol–water partition coefficient (Wildman–Crippen LogP) is 8.33. The zero-order valence-corrected chi connectivity index (χ0v) is 23.2. The van der Waals surface area contributed by atoms with Crippen molar-refractivity contribution in [2.75, 3.05) is 0 Å². The van der Waals surface area contributed by atoms with Gasteiger partial charge in [0, 0.05) is 49.6 Å². The minimum Gasteiger partial charge on any atom is -0.344 e. The number of aryl methyl sites for hydroxylation is 4. The van der Waals surface area contributed by atoms with Gasteiger partial charge in [0.25, 0.3) is 0 Å². The molecule has 3 aromatic heterocycles. The second-order valence-electron chi connectivity index (χ2n) is 9.57. The first-order valence-electron chi connectivity index (χ1n) is 12.1. The number of hydrogen-bond donors (Lipinski definition) is 0. The van der Waals surface area contributed by atoms with Gasteiger partial charge in [-0.05, 0) is 61.7 Å². The number of nitrogens with zero attached hydrogens (tertiary/aromatic N) is 4. The standard InChI is InChI=1S/C30H21F5N4.Pd/c1-14-15(2)29-16(3)27-24(32)25(33)28(37-27)26(34)30-23(31)22(17-8-6-5-7-9-17)21(39(30)35)13-19-11-10-18(36-19)12-20(14)38(29)4;/h5-13H,1-4H3;. The van der Waals surface area contributed by atoms with Crippen LogP contribution in [0.15, 0.2) is 42.5 Å². The zero-order valence-electron chi connectivity index (χ0n) is 21.7. The predicted molar refractivity (Wildman–Crippen MR) is 143 cm³/mol. The number of halogens is 5. The molecule has 0 saturated heterocycles. The summed E-state index contributed by atoms with van der Waals surface area (Å²) in [5.74, 6) is -5.98. The molecule has 4 aromatic rings. The zero-order chi connectivity index (χ0) is 27.7. The van der Waals surface area contributed by atoms with E-state index in [0.717, 1.165) is 16.6 Å². The van der Waals surface area contributed by atoms with Gasteiger partial charge in [0.2, 0.25) is 0 Å². The van der Waals surface area contributed by atoms with Crippen LogP contribution >= 0.6 is 0 Å². The van der Waals surface area contributed by atoms with Crippen LogP contribution in [-0.4, -0.2) is 19.3 Å². The first kappa shape index (κ1) is 27.7. The van der Waals surface area contributed by atoms with Crippen molar-refractivity contribution in [2.24, 2.45) is 7.05 Å². The minimum absolute atomic E-state index is 0. The summed E-state index contributed by atoms with van der Waals surface area (Å²) >= 11 is 0. The Labute approximate surface area is 239 Å². The second kappa shape index (κ2) is 9.95. The van der Waals surface area contributed by atoms with E-state index in [1.54, 1.807) is 48.9 Å². The molecule has 2 aliphatic rings. The van der Waals surface area contributed by atoms with Gasteiger partial charge in [0.05, 0.1) is 16.9 Å². The quantitative estimate of drug-likeness (QED) is 0.137. The van der Waals surface area contributed by atoms with E-state index < -0.39 is 40.2 Å². The first-order chi connectivity index (χ1) is 18.6. The summed E-state index contributed by atoms with van der Waals surface area (Å²) in [4.78, 5) is 8.21. The summed E-state index contributed by atoms with van der Waals surface area (Å²) in [7, 11) is 1.77. The first-order valence-corrected chi connectivity index (χ1v) is 12.1. The second-order valence-corrected chi connectivity index (χ2v) is 9.57. The average molecular weight is 639 g/mol. The number of rotatable bonds is 1. The van der Waals surface area contributed by atoms with E-state index in [1.165, 1.54) is 18.2 Å². The van der Waals surface area contributed by atoms with Crippen LogP contribution in [-0.2, 0) is 27.5 Å². The monoisotopic (exact) mass is 638 g/mol. The van der Waals surface area contributed by atoms with Crippen LogP contribution in [0, 0.1) is 32.4 Å². The molecule has 2 aliphatic heterocycles. The molecule has 0 saturated carbocycles. The van der Waals surface area contributed by atoms with Crippen molar-refractivity contribution in [1.29, 1.82) is 0 Å². The van der Waals surface area contributed by atoms with Crippen molar-refractivity contribution in [2.45, 2.75) is 20.8 Å². The molecule has 0 N–H and O–H groups in total. The van der Waals surface area contributed by atoms with Crippen molar-refractivity contribution in [3.63, 3.8) is 0 Å². The average Bonchev–Trinajstić information content (AvgIpc) is 3.61. The van der Waals surface area contributed by atoms with E-state index in [2.05, 4.69) is 9.97 Å². The summed E-state index contributed by atoms with van der Waals surface area (Å²) in [5.41, 5.74) is 0.985. The molecular formula is C30H21F5N4Pd.